The van der Waals surface area contributed by atoms with Crippen LogP contribution in [0.1, 0.15) is 19.3 Å². The van der Waals surface area contributed by atoms with E-state index in [4.69, 9.17) is 5.11 Å². The minimum atomic E-state index is -0.801. The van der Waals surface area contributed by atoms with Crippen molar-refractivity contribution in [2.24, 2.45) is 5.92 Å². The van der Waals surface area contributed by atoms with Crippen molar-refractivity contribution in [3.8, 4) is 0 Å². The van der Waals surface area contributed by atoms with E-state index >= 15 is 0 Å². The second-order valence-electron chi connectivity index (χ2n) is 5.10. The molecule has 0 aliphatic heterocycles. The summed E-state index contributed by atoms with van der Waals surface area (Å²) in [7, 11) is 0. The fraction of sp³-hybridized carbons (Fsp3) is 0.385. The molecule has 0 saturated heterocycles. The van der Waals surface area contributed by atoms with E-state index in [1.54, 1.807) is 0 Å². The van der Waals surface area contributed by atoms with Gasteiger partial charge in [0.2, 0.25) is 0 Å². The van der Waals surface area contributed by atoms with Crippen LogP contribution in [0.25, 0.3) is 10.2 Å². The zero-order valence-electron chi connectivity index (χ0n) is 11.0. The first kappa shape index (κ1) is 13.7. The third kappa shape index (κ3) is 2.54. The minimum absolute atomic E-state index is 0.0579. The summed E-state index contributed by atoms with van der Waals surface area (Å²) in [5, 5.41) is 25.2. The highest BCUT2D eigenvalue weighted by atomic mass is 32.1. The Morgan fingerprint density at radius 2 is 2.33 bits per heavy atom. The number of nitrogens with zero attached hydrogens (tertiary/aromatic N) is 2. The number of nitrogens with one attached hydrogen (secondary N) is 1. The van der Waals surface area contributed by atoms with Crippen molar-refractivity contribution in [3.05, 3.63) is 27.8 Å². The maximum absolute atomic E-state index is 11.2. The molecule has 21 heavy (non-hydrogen) atoms. The Hall–Kier alpha value is -2.22. The van der Waals surface area contributed by atoms with Crippen molar-refractivity contribution >= 4 is 38.9 Å². The number of fused-ring (bicyclic) bond motifs is 1. The van der Waals surface area contributed by atoms with Gasteiger partial charge in [0.1, 0.15) is 11.9 Å². The second-order valence-corrected chi connectivity index (χ2v) is 6.02. The molecule has 7 nitrogen and oxygen atoms in total. The first-order valence-electron chi connectivity index (χ1n) is 6.56. The summed E-state index contributed by atoms with van der Waals surface area (Å²) in [5.74, 6) is -1.17. The zero-order chi connectivity index (χ0) is 15.0. The Balaban J connectivity index is 1.92. The monoisotopic (exact) mass is 307 g/mol. The first-order valence-corrected chi connectivity index (χ1v) is 7.44. The topological polar surface area (TPSA) is 105 Å². The number of aliphatic carboxylic acids is 1. The van der Waals surface area contributed by atoms with Crippen LogP contribution in [0.5, 0.6) is 0 Å². The standard InChI is InChI=1S/C13H13N3O4S/c17-13(18)7-1-2-8(5-7)15-11-10(16(19)20)6-14-9-3-4-21-12(9)11/h3-4,6-8H,1-2,5H2,(H,14,15)(H,17,18)/t7-,8+/m1/s1. The number of pyridine rings is 1. The van der Waals surface area contributed by atoms with Crippen molar-refractivity contribution in [2.45, 2.75) is 25.3 Å². The quantitative estimate of drug-likeness (QED) is 0.664. The summed E-state index contributed by atoms with van der Waals surface area (Å²) in [6.45, 7) is 0. The molecular weight excluding hydrogens is 294 g/mol. The summed E-state index contributed by atoms with van der Waals surface area (Å²) in [4.78, 5) is 25.8. The van der Waals surface area contributed by atoms with Crippen molar-refractivity contribution in [1.82, 2.24) is 4.98 Å². The molecule has 110 valence electrons. The van der Waals surface area contributed by atoms with E-state index < -0.39 is 10.9 Å². The molecule has 8 heteroatoms. The summed E-state index contributed by atoms with van der Waals surface area (Å²) in [6, 6.07) is 1.75. The van der Waals surface area contributed by atoms with Gasteiger partial charge in [-0.2, -0.15) is 0 Å². The molecule has 0 aromatic carbocycles. The Kier molecular flexibility index (Phi) is 3.46. The summed E-state index contributed by atoms with van der Waals surface area (Å²) in [5.41, 5.74) is 1.10. The van der Waals surface area contributed by atoms with Crippen LogP contribution in [0.3, 0.4) is 0 Å². The van der Waals surface area contributed by atoms with Gasteiger partial charge in [0.15, 0.2) is 0 Å². The average Bonchev–Trinajstić information content (AvgIpc) is 3.06. The zero-order valence-corrected chi connectivity index (χ0v) is 11.8. The van der Waals surface area contributed by atoms with E-state index in [-0.39, 0.29) is 17.6 Å². The van der Waals surface area contributed by atoms with Gasteiger partial charge in [-0.15, -0.1) is 11.3 Å². The molecule has 2 heterocycles. The lowest BCUT2D eigenvalue weighted by Crippen LogP contribution is -2.18. The van der Waals surface area contributed by atoms with Crippen LogP contribution in [0, 0.1) is 16.0 Å². The van der Waals surface area contributed by atoms with E-state index in [0.29, 0.717) is 30.5 Å². The van der Waals surface area contributed by atoms with Gasteiger partial charge < -0.3 is 10.4 Å². The van der Waals surface area contributed by atoms with Crippen molar-refractivity contribution in [3.63, 3.8) is 0 Å². The van der Waals surface area contributed by atoms with Gasteiger partial charge in [-0.3, -0.25) is 14.9 Å². The maximum atomic E-state index is 11.2. The lowest BCUT2D eigenvalue weighted by atomic mass is 10.1. The van der Waals surface area contributed by atoms with Crippen LogP contribution in [0.15, 0.2) is 17.6 Å². The first-order chi connectivity index (χ1) is 10.1. The Labute approximate surface area is 123 Å². The van der Waals surface area contributed by atoms with Crippen molar-refractivity contribution < 1.29 is 14.8 Å². The molecule has 0 amide bonds. The predicted octanol–water partition coefficient (Wildman–Crippen LogP) is 2.87. The molecular formula is C13H13N3O4S. The largest absolute Gasteiger partial charge is 0.481 e. The molecule has 2 atom stereocenters. The summed E-state index contributed by atoms with van der Waals surface area (Å²) >= 11 is 1.39. The van der Waals surface area contributed by atoms with Crippen molar-refractivity contribution in [1.29, 1.82) is 0 Å². The number of carboxylic acid groups (broad SMARTS) is 1. The molecule has 0 unspecified atom stereocenters. The lowest BCUT2D eigenvalue weighted by molar-refractivity contribution is -0.384. The fourth-order valence-electron chi connectivity index (χ4n) is 2.72. The fourth-order valence-corrected chi connectivity index (χ4v) is 3.58. The van der Waals surface area contributed by atoms with Crippen LogP contribution in [0.4, 0.5) is 11.4 Å². The van der Waals surface area contributed by atoms with Crippen LogP contribution in [-0.2, 0) is 4.79 Å². The Bertz CT molecular complexity index is 715. The van der Waals surface area contributed by atoms with Gasteiger partial charge in [0, 0.05) is 6.04 Å². The lowest BCUT2D eigenvalue weighted by Gasteiger charge is -2.14. The Morgan fingerprint density at radius 1 is 1.52 bits per heavy atom. The van der Waals surface area contributed by atoms with Crippen molar-refractivity contribution in [2.75, 3.05) is 5.32 Å². The van der Waals surface area contributed by atoms with E-state index in [9.17, 15) is 14.9 Å². The van der Waals surface area contributed by atoms with E-state index in [1.807, 2.05) is 11.4 Å². The molecule has 2 aromatic rings. The SMILES string of the molecule is O=C(O)[C@@H]1CC[C@H](Nc2c([N+](=O)[O-])cnc3ccsc23)C1. The molecule has 0 spiro atoms. The number of nitro groups is 1. The van der Waals surface area contributed by atoms with E-state index in [2.05, 4.69) is 10.3 Å². The molecule has 0 bridgehead atoms. The molecule has 0 radical (unpaired) electrons. The molecule has 2 aromatic heterocycles. The highest BCUT2D eigenvalue weighted by Crippen LogP contribution is 2.37. The number of aromatic nitrogens is 1. The molecule has 2 N–H and O–H groups in total. The average molecular weight is 307 g/mol. The predicted molar refractivity (Wildman–Crippen MR) is 78.7 cm³/mol. The number of carbonyl (C=O) groups is 1. The van der Waals surface area contributed by atoms with Crippen LogP contribution in [0.2, 0.25) is 0 Å². The third-order valence-electron chi connectivity index (χ3n) is 3.78. The van der Waals surface area contributed by atoms with Gasteiger partial charge >= 0.3 is 11.7 Å². The van der Waals surface area contributed by atoms with E-state index in [0.717, 1.165) is 4.70 Å². The van der Waals surface area contributed by atoms with Gasteiger partial charge in [-0.05, 0) is 30.7 Å². The van der Waals surface area contributed by atoms with Crippen LogP contribution < -0.4 is 5.32 Å². The van der Waals surface area contributed by atoms with Gasteiger partial charge in [0.05, 0.1) is 21.1 Å². The second kappa shape index (κ2) is 5.28. The molecule has 1 aliphatic rings. The number of rotatable bonds is 4. The van der Waals surface area contributed by atoms with Gasteiger partial charge in [-0.25, -0.2) is 4.98 Å². The molecule has 1 saturated carbocycles. The molecule has 3 rings (SSSR count). The summed E-state index contributed by atoms with van der Waals surface area (Å²) in [6.07, 6.45) is 3.03. The van der Waals surface area contributed by atoms with Gasteiger partial charge in [-0.1, -0.05) is 0 Å². The number of thiophene rings is 1. The number of hydrogen-bond acceptors (Lipinski definition) is 6. The molecule has 1 fully saturated rings. The van der Waals surface area contributed by atoms with Gasteiger partial charge in [0.25, 0.3) is 0 Å². The van der Waals surface area contributed by atoms with E-state index in [1.165, 1.54) is 17.5 Å². The van der Waals surface area contributed by atoms with Crippen LogP contribution >= 0.6 is 11.3 Å². The normalized spacial score (nSPS) is 21.5. The number of anilines is 1. The molecule has 1 aliphatic carbocycles. The smallest absolute Gasteiger partial charge is 0.311 e. The Morgan fingerprint density at radius 3 is 3.00 bits per heavy atom. The number of carboxylic acids is 1. The number of hydrogen-bond donors (Lipinski definition) is 2. The highest BCUT2D eigenvalue weighted by Gasteiger charge is 2.31. The maximum Gasteiger partial charge on any atom is 0.311 e. The van der Waals surface area contributed by atoms with Crippen LogP contribution in [-0.4, -0.2) is 27.0 Å². The highest BCUT2D eigenvalue weighted by molar-refractivity contribution is 7.17. The summed E-state index contributed by atoms with van der Waals surface area (Å²) < 4.78 is 0.739. The minimum Gasteiger partial charge on any atom is -0.481 e. The third-order valence-corrected chi connectivity index (χ3v) is 4.70.